The minimum atomic E-state index is -0.0433. The van der Waals surface area contributed by atoms with Gasteiger partial charge in [0.1, 0.15) is 6.10 Å². The van der Waals surface area contributed by atoms with Crippen LogP contribution in [0.5, 0.6) is 5.75 Å². The predicted molar refractivity (Wildman–Crippen MR) is 99.6 cm³/mol. The van der Waals surface area contributed by atoms with E-state index in [1.165, 1.54) is 0 Å². The Balaban J connectivity index is 1.66. The van der Waals surface area contributed by atoms with Crippen LogP contribution in [-0.2, 0) is 13.1 Å². The average Bonchev–Trinajstić information content (AvgIpc) is 3.09. The summed E-state index contributed by atoms with van der Waals surface area (Å²) in [5.41, 5.74) is 2.26. The number of pyridine rings is 1. The van der Waals surface area contributed by atoms with Crippen molar-refractivity contribution in [2.24, 2.45) is 0 Å². The zero-order chi connectivity index (χ0) is 17.5. The summed E-state index contributed by atoms with van der Waals surface area (Å²) < 4.78 is 8.08. The molecule has 2 heterocycles. The summed E-state index contributed by atoms with van der Waals surface area (Å²) in [7, 11) is 0. The van der Waals surface area contributed by atoms with Gasteiger partial charge in [-0.15, -0.1) is 0 Å². The molecule has 0 aliphatic heterocycles. The van der Waals surface area contributed by atoms with Crippen molar-refractivity contribution < 1.29 is 4.74 Å². The van der Waals surface area contributed by atoms with Crippen LogP contribution in [0.25, 0.3) is 0 Å². The zero-order valence-corrected chi connectivity index (χ0v) is 14.7. The Bertz CT molecular complexity index is 785. The summed E-state index contributed by atoms with van der Waals surface area (Å²) in [6, 6.07) is 14.0. The molecule has 1 N–H and O–H groups in total. The molecular weight excluding hydrogens is 312 g/mol. The van der Waals surface area contributed by atoms with Crippen molar-refractivity contribution in [3.05, 3.63) is 72.2 Å². The molecule has 3 aromatic rings. The van der Waals surface area contributed by atoms with E-state index in [-0.39, 0.29) is 6.10 Å². The third-order valence-corrected chi connectivity index (χ3v) is 3.94. The van der Waals surface area contributed by atoms with Crippen LogP contribution in [0.4, 0.5) is 5.82 Å². The molecule has 0 bridgehead atoms. The van der Waals surface area contributed by atoms with Crippen molar-refractivity contribution >= 4 is 5.82 Å². The largest absolute Gasteiger partial charge is 0.482 e. The minimum Gasteiger partial charge on any atom is -0.482 e. The van der Waals surface area contributed by atoms with E-state index < -0.39 is 0 Å². The fourth-order valence-electron chi connectivity index (χ4n) is 2.64. The number of anilines is 1. The molecule has 1 unspecified atom stereocenters. The van der Waals surface area contributed by atoms with Crippen molar-refractivity contribution in [2.45, 2.75) is 39.5 Å². The van der Waals surface area contributed by atoms with E-state index in [2.05, 4.69) is 40.7 Å². The van der Waals surface area contributed by atoms with Crippen molar-refractivity contribution in [2.75, 3.05) is 5.32 Å². The topological polar surface area (TPSA) is 52.0 Å². The van der Waals surface area contributed by atoms with E-state index in [1.54, 1.807) is 6.20 Å². The second-order valence-corrected chi connectivity index (χ2v) is 5.99. The molecular formula is C20H24N4O. The summed E-state index contributed by atoms with van der Waals surface area (Å²) >= 11 is 0. The quantitative estimate of drug-likeness (QED) is 0.661. The van der Waals surface area contributed by atoms with Crippen LogP contribution in [0.2, 0.25) is 0 Å². The maximum Gasteiger partial charge on any atom is 0.169 e. The van der Waals surface area contributed by atoms with Gasteiger partial charge in [-0.1, -0.05) is 37.3 Å². The molecule has 5 heteroatoms. The van der Waals surface area contributed by atoms with E-state index >= 15 is 0 Å². The van der Waals surface area contributed by atoms with Crippen molar-refractivity contribution in [3.63, 3.8) is 0 Å². The lowest BCUT2D eigenvalue weighted by atomic mass is 10.1. The van der Waals surface area contributed by atoms with Gasteiger partial charge in [0.25, 0.3) is 0 Å². The first kappa shape index (κ1) is 17.0. The van der Waals surface area contributed by atoms with Gasteiger partial charge in [0, 0.05) is 31.0 Å². The highest BCUT2D eigenvalue weighted by molar-refractivity contribution is 5.50. The van der Waals surface area contributed by atoms with Crippen molar-refractivity contribution in [3.8, 4) is 5.75 Å². The number of nitrogens with zero attached hydrogens (tertiary/aromatic N) is 3. The maximum atomic E-state index is 6.12. The van der Waals surface area contributed by atoms with Crippen LogP contribution in [-0.4, -0.2) is 14.8 Å². The summed E-state index contributed by atoms with van der Waals surface area (Å²) in [5.74, 6) is 1.49. The first-order valence-corrected chi connectivity index (χ1v) is 8.68. The lowest BCUT2D eigenvalue weighted by Crippen LogP contribution is -2.07. The van der Waals surface area contributed by atoms with Crippen molar-refractivity contribution in [1.29, 1.82) is 0 Å². The molecule has 0 aliphatic carbocycles. The highest BCUT2D eigenvalue weighted by Crippen LogP contribution is 2.27. The van der Waals surface area contributed by atoms with Gasteiger partial charge in [-0.05, 0) is 31.0 Å². The lowest BCUT2D eigenvalue weighted by molar-refractivity contribution is 0.227. The first-order valence-electron chi connectivity index (χ1n) is 8.68. The van der Waals surface area contributed by atoms with Crippen LogP contribution >= 0.6 is 0 Å². The van der Waals surface area contributed by atoms with Crippen LogP contribution in [0, 0.1) is 0 Å². The number of benzene rings is 1. The zero-order valence-electron chi connectivity index (χ0n) is 14.7. The highest BCUT2D eigenvalue weighted by Gasteiger charge is 2.11. The minimum absolute atomic E-state index is 0.0433. The lowest BCUT2D eigenvalue weighted by Gasteiger charge is -2.17. The molecule has 0 saturated carbocycles. The van der Waals surface area contributed by atoms with E-state index in [1.807, 2.05) is 48.1 Å². The van der Waals surface area contributed by atoms with Gasteiger partial charge < -0.3 is 10.1 Å². The number of aryl methyl sites for hydroxylation is 1. The van der Waals surface area contributed by atoms with Gasteiger partial charge in [-0.2, -0.15) is 5.10 Å². The van der Waals surface area contributed by atoms with Gasteiger partial charge >= 0.3 is 0 Å². The molecule has 130 valence electrons. The Morgan fingerprint density at radius 2 is 2.00 bits per heavy atom. The molecule has 1 aromatic carbocycles. The predicted octanol–water partition coefficient (Wildman–Crippen LogP) is 4.44. The Hall–Kier alpha value is -2.82. The number of hydrogen-bond donors (Lipinski definition) is 1. The van der Waals surface area contributed by atoms with E-state index in [9.17, 15) is 0 Å². The number of nitrogens with one attached hydrogen (secondary N) is 1. The molecule has 0 aliphatic rings. The molecule has 3 rings (SSSR count). The molecule has 25 heavy (non-hydrogen) atoms. The van der Waals surface area contributed by atoms with Crippen LogP contribution in [0.1, 0.15) is 37.5 Å². The highest BCUT2D eigenvalue weighted by atomic mass is 16.5. The van der Waals surface area contributed by atoms with Gasteiger partial charge in [0.15, 0.2) is 11.6 Å². The number of ether oxygens (including phenoxy) is 1. The standard InChI is InChI=1S/C20H24N4O/c1-3-12-24-15-17(14-23-24)13-22-20-19(10-7-11-21-20)25-16(2)18-8-5-4-6-9-18/h4-11,14-16H,3,12-13H2,1-2H3,(H,21,22). The van der Waals surface area contributed by atoms with Crippen molar-refractivity contribution in [1.82, 2.24) is 14.8 Å². The van der Waals surface area contributed by atoms with E-state index in [4.69, 9.17) is 4.74 Å². The monoisotopic (exact) mass is 336 g/mol. The fourth-order valence-corrected chi connectivity index (χ4v) is 2.64. The van der Waals surface area contributed by atoms with Crippen LogP contribution in [0.3, 0.4) is 0 Å². The number of hydrogen-bond acceptors (Lipinski definition) is 4. The Kier molecular flexibility index (Phi) is 5.67. The first-order chi connectivity index (χ1) is 12.3. The molecule has 2 aromatic heterocycles. The summed E-state index contributed by atoms with van der Waals surface area (Å²) in [5, 5.41) is 7.71. The number of rotatable bonds is 8. The van der Waals surface area contributed by atoms with Gasteiger partial charge in [-0.3, -0.25) is 4.68 Å². The number of aromatic nitrogens is 3. The van der Waals surface area contributed by atoms with Crippen LogP contribution in [0.15, 0.2) is 61.1 Å². The molecule has 0 fully saturated rings. The average molecular weight is 336 g/mol. The molecule has 0 amide bonds. The third kappa shape index (κ3) is 4.59. The van der Waals surface area contributed by atoms with Gasteiger partial charge in [0.05, 0.1) is 6.20 Å². The van der Waals surface area contributed by atoms with E-state index in [0.717, 1.165) is 35.7 Å². The van der Waals surface area contributed by atoms with Gasteiger partial charge in [-0.25, -0.2) is 4.98 Å². The summed E-state index contributed by atoms with van der Waals surface area (Å²) in [6.07, 6.45) is 6.75. The summed E-state index contributed by atoms with van der Waals surface area (Å²) in [6.45, 7) is 5.79. The molecule has 1 atom stereocenters. The molecule has 0 radical (unpaired) electrons. The molecule has 0 saturated heterocycles. The SMILES string of the molecule is CCCn1cc(CNc2ncccc2OC(C)c2ccccc2)cn1. The van der Waals surface area contributed by atoms with Crippen LogP contribution < -0.4 is 10.1 Å². The summed E-state index contributed by atoms with van der Waals surface area (Å²) in [4.78, 5) is 4.42. The third-order valence-electron chi connectivity index (χ3n) is 3.94. The second kappa shape index (κ2) is 8.33. The second-order valence-electron chi connectivity index (χ2n) is 5.99. The van der Waals surface area contributed by atoms with E-state index in [0.29, 0.717) is 6.54 Å². The Labute approximate surface area is 148 Å². The molecule has 5 nitrogen and oxygen atoms in total. The Morgan fingerprint density at radius 1 is 1.16 bits per heavy atom. The normalized spacial score (nSPS) is 11.9. The van der Waals surface area contributed by atoms with Gasteiger partial charge in [0.2, 0.25) is 0 Å². The molecule has 0 spiro atoms. The maximum absolute atomic E-state index is 6.12. The smallest absolute Gasteiger partial charge is 0.169 e. The Morgan fingerprint density at radius 3 is 2.80 bits per heavy atom. The fraction of sp³-hybridized carbons (Fsp3) is 0.300.